The highest BCUT2D eigenvalue weighted by atomic mass is 79.9. The summed E-state index contributed by atoms with van der Waals surface area (Å²) < 4.78 is 6.59. The molecule has 0 amide bonds. The van der Waals surface area contributed by atoms with Gasteiger partial charge in [-0.3, -0.25) is 4.98 Å². The van der Waals surface area contributed by atoms with Gasteiger partial charge in [-0.1, -0.05) is 19.3 Å². The van der Waals surface area contributed by atoms with E-state index in [1.165, 1.54) is 25.7 Å². The molecule has 1 aromatic heterocycles. The summed E-state index contributed by atoms with van der Waals surface area (Å²) in [5.74, 6) is 1.81. The van der Waals surface area contributed by atoms with Crippen molar-refractivity contribution in [3.8, 4) is 5.75 Å². The summed E-state index contributed by atoms with van der Waals surface area (Å²) >= 11 is 3.41. The van der Waals surface area contributed by atoms with E-state index in [2.05, 4.69) is 20.9 Å². The molecule has 3 heteroatoms. The molecule has 0 aliphatic heterocycles. The van der Waals surface area contributed by atoms with Crippen molar-refractivity contribution in [1.82, 2.24) is 4.98 Å². The van der Waals surface area contributed by atoms with E-state index in [1.807, 2.05) is 6.07 Å². The lowest BCUT2D eigenvalue weighted by Crippen LogP contribution is -2.14. The summed E-state index contributed by atoms with van der Waals surface area (Å²) in [6, 6.07) is 1.89. The molecule has 2 rings (SSSR count). The standard InChI is InChI=1S/C11H14BrNO/c12-10-8-13-6-4-11(10)14-7-5-9-2-1-3-9/h4,6,8-9H,1-3,5,7H2. The molecule has 1 saturated carbocycles. The number of rotatable bonds is 4. The molecule has 0 unspecified atom stereocenters. The maximum absolute atomic E-state index is 5.66. The fourth-order valence-corrected chi connectivity index (χ4v) is 1.96. The van der Waals surface area contributed by atoms with Crippen LogP contribution in [-0.2, 0) is 0 Å². The van der Waals surface area contributed by atoms with Crippen LogP contribution >= 0.6 is 15.9 Å². The van der Waals surface area contributed by atoms with Crippen molar-refractivity contribution in [2.24, 2.45) is 5.92 Å². The average Bonchev–Trinajstić information content (AvgIpc) is 2.12. The molecule has 76 valence electrons. The van der Waals surface area contributed by atoms with Gasteiger partial charge in [0.1, 0.15) is 5.75 Å². The molecule has 0 N–H and O–H groups in total. The first kappa shape index (κ1) is 9.97. The summed E-state index contributed by atoms with van der Waals surface area (Å²) in [4.78, 5) is 3.99. The Balaban J connectivity index is 1.76. The van der Waals surface area contributed by atoms with Crippen LogP contribution in [0.3, 0.4) is 0 Å². The summed E-state index contributed by atoms with van der Waals surface area (Å²) in [6.07, 6.45) is 8.89. The molecule has 0 saturated heterocycles. The molecule has 1 aliphatic rings. The van der Waals surface area contributed by atoms with Crippen LogP contribution in [0.2, 0.25) is 0 Å². The van der Waals surface area contributed by atoms with Crippen molar-refractivity contribution in [2.75, 3.05) is 6.61 Å². The van der Waals surface area contributed by atoms with Gasteiger partial charge in [-0.15, -0.1) is 0 Å². The Morgan fingerprint density at radius 3 is 3.00 bits per heavy atom. The Bertz CT molecular complexity index is 299. The van der Waals surface area contributed by atoms with Crippen molar-refractivity contribution >= 4 is 15.9 Å². The van der Waals surface area contributed by atoms with Crippen molar-refractivity contribution in [3.05, 3.63) is 22.9 Å². The van der Waals surface area contributed by atoms with E-state index in [1.54, 1.807) is 12.4 Å². The van der Waals surface area contributed by atoms with Crippen LogP contribution in [0.4, 0.5) is 0 Å². The second kappa shape index (κ2) is 4.78. The topological polar surface area (TPSA) is 22.1 Å². The minimum Gasteiger partial charge on any atom is -0.492 e. The average molecular weight is 256 g/mol. The van der Waals surface area contributed by atoms with Gasteiger partial charge in [0.2, 0.25) is 0 Å². The Morgan fingerprint density at radius 2 is 2.36 bits per heavy atom. The zero-order valence-corrected chi connectivity index (χ0v) is 9.66. The van der Waals surface area contributed by atoms with E-state index in [0.717, 1.165) is 22.7 Å². The highest BCUT2D eigenvalue weighted by Gasteiger charge is 2.16. The SMILES string of the molecule is Brc1cnccc1OCCC1CCC1. The number of ether oxygens (including phenoxy) is 1. The van der Waals surface area contributed by atoms with Crippen molar-refractivity contribution in [3.63, 3.8) is 0 Å². The first-order chi connectivity index (χ1) is 6.86. The van der Waals surface area contributed by atoms with E-state index >= 15 is 0 Å². The second-order valence-corrected chi connectivity index (χ2v) is 4.59. The highest BCUT2D eigenvalue weighted by Crippen LogP contribution is 2.30. The molecule has 0 bridgehead atoms. The molecule has 1 fully saturated rings. The Hall–Kier alpha value is -0.570. The molecule has 0 radical (unpaired) electrons. The van der Waals surface area contributed by atoms with E-state index in [0.29, 0.717) is 0 Å². The van der Waals surface area contributed by atoms with Gasteiger partial charge in [-0.05, 0) is 34.3 Å². The van der Waals surface area contributed by atoms with Gasteiger partial charge in [-0.25, -0.2) is 0 Å². The van der Waals surface area contributed by atoms with Gasteiger partial charge in [-0.2, -0.15) is 0 Å². The van der Waals surface area contributed by atoms with Gasteiger partial charge < -0.3 is 4.74 Å². The summed E-state index contributed by atoms with van der Waals surface area (Å²) in [5.41, 5.74) is 0. The second-order valence-electron chi connectivity index (χ2n) is 3.74. The Labute approximate surface area is 92.8 Å². The third kappa shape index (κ3) is 2.47. The number of aromatic nitrogens is 1. The maximum Gasteiger partial charge on any atom is 0.136 e. The zero-order valence-electron chi connectivity index (χ0n) is 8.08. The number of pyridine rings is 1. The molecule has 14 heavy (non-hydrogen) atoms. The van der Waals surface area contributed by atoms with Gasteiger partial charge in [0.05, 0.1) is 11.1 Å². The van der Waals surface area contributed by atoms with Crippen LogP contribution < -0.4 is 4.74 Å². The van der Waals surface area contributed by atoms with Crippen LogP contribution in [0.15, 0.2) is 22.9 Å². The largest absolute Gasteiger partial charge is 0.492 e. The molecule has 0 aromatic carbocycles. The van der Waals surface area contributed by atoms with Crippen LogP contribution in [0.25, 0.3) is 0 Å². The van der Waals surface area contributed by atoms with Crippen molar-refractivity contribution < 1.29 is 4.74 Å². The minimum atomic E-state index is 0.827. The van der Waals surface area contributed by atoms with Crippen LogP contribution in [0.5, 0.6) is 5.75 Å². The predicted molar refractivity (Wildman–Crippen MR) is 59.4 cm³/mol. The predicted octanol–water partition coefficient (Wildman–Crippen LogP) is 3.41. The van der Waals surface area contributed by atoms with Crippen LogP contribution in [0, 0.1) is 5.92 Å². The molecule has 1 aromatic rings. The molecule has 1 aliphatic carbocycles. The lowest BCUT2D eigenvalue weighted by atomic mass is 9.83. The monoisotopic (exact) mass is 255 g/mol. The lowest BCUT2D eigenvalue weighted by molar-refractivity contribution is 0.221. The van der Waals surface area contributed by atoms with Crippen LogP contribution in [-0.4, -0.2) is 11.6 Å². The Kier molecular flexibility index (Phi) is 3.40. The smallest absolute Gasteiger partial charge is 0.136 e. The van der Waals surface area contributed by atoms with Crippen LogP contribution in [0.1, 0.15) is 25.7 Å². The van der Waals surface area contributed by atoms with Gasteiger partial charge in [0.15, 0.2) is 0 Å². The normalized spacial score (nSPS) is 16.4. The van der Waals surface area contributed by atoms with Gasteiger partial charge >= 0.3 is 0 Å². The van der Waals surface area contributed by atoms with E-state index in [4.69, 9.17) is 4.74 Å². The number of hydrogen-bond acceptors (Lipinski definition) is 2. The number of hydrogen-bond donors (Lipinski definition) is 0. The molecule has 2 nitrogen and oxygen atoms in total. The fourth-order valence-electron chi connectivity index (χ4n) is 1.60. The first-order valence-corrected chi connectivity index (χ1v) is 5.88. The first-order valence-electron chi connectivity index (χ1n) is 5.08. The van der Waals surface area contributed by atoms with Crippen molar-refractivity contribution in [2.45, 2.75) is 25.7 Å². The maximum atomic E-state index is 5.66. The summed E-state index contributed by atoms with van der Waals surface area (Å²) in [5, 5.41) is 0. The number of halogens is 1. The Morgan fingerprint density at radius 1 is 1.50 bits per heavy atom. The molecule has 1 heterocycles. The fraction of sp³-hybridized carbons (Fsp3) is 0.545. The highest BCUT2D eigenvalue weighted by molar-refractivity contribution is 9.10. The third-order valence-electron chi connectivity index (χ3n) is 2.74. The van der Waals surface area contributed by atoms with Gasteiger partial charge in [0.25, 0.3) is 0 Å². The number of nitrogens with zero attached hydrogens (tertiary/aromatic N) is 1. The molecular formula is C11H14BrNO. The van der Waals surface area contributed by atoms with E-state index in [-0.39, 0.29) is 0 Å². The molecule has 0 spiro atoms. The summed E-state index contributed by atoms with van der Waals surface area (Å²) in [6.45, 7) is 0.827. The van der Waals surface area contributed by atoms with Crippen molar-refractivity contribution in [1.29, 1.82) is 0 Å². The van der Waals surface area contributed by atoms with E-state index in [9.17, 15) is 0 Å². The van der Waals surface area contributed by atoms with Gasteiger partial charge in [0, 0.05) is 12.4 Å². The molecule has 0 atom stereocenters. The minimum absolute atomic E-state index is 0.827. The molecular weight excluding hydrogens is 242 g/mol. The summed E-state index contributed by atoms with van der Waals surface area (Å²) in [7, 11) is 0. The third-order valence-corrected chi connectivity index (χ3v) is 3.34. The zero-order chi connectivity index (χ0) is 9.80. The quantitative estimate of drug-likeness (QED) is 0.823. The lowest BCUT2D eigenvalue weighted by Gasteiger charge is -2.25. The van der Waals surface area contributed by atoms with E-state index < -0.39 is 0 Å².